The zero-order chi connectivity index (χ0) is 22.5. The molecule has 0 aliphatic heterocycles. The number of anilines is 1. The molecular weight excluding hydrogens is 400 g/mol. The molecule has 0 saturated carbocycles. The first-order valence-electron chi connectivity index (χ1n) is 9.77. The molecule has 0 aliphatic rings. The summed E-state index contributed by atoms with van der Waals surface area (Å²) in [4.78, 5) is 16.1. The number of aliphatic hydroxyl groups excluding tert-OH is 1. The van der Waals surface area contributed by atoms with E-state index in [0.717, 1.165) is 47.4 Å². The van der Waals surface area contributed by atoms with Gasteiger partial charge in [0.05, 0.1) is 5.69 Å². The van der Waals surface area contributed by atoms with E-state index in [2.05, 4.69) is 23.8 Å². The molecule has 7 heteroatoms. The van der Waals surface area contributed by atoms with Crippen molar-refractivity contribution in [2.45, 2.75) is 46.5 Å². The van der Waals surface area contributed by atoms with Crippen molar-refractivity contribution in [1.82, 2.24) is 4.98 Å². The number of aliphatic hydroxyl groups is 1. The van der Waals surface area contributed by atoms with Crippen LogP contribution in [-0.4, -0.2) is 26.7 Å². The molecule has 0 fully saturated rings. The molecule has 4 N–H and O–H groups in total. The fourth-order valence-corrected chi connectivity index (χ4v) is 3.39. The Balaban J connectivity index is 0.000000414. The second kappa shape index (κ2) is 13.2. The third-order valence-corrected chi connectivity index (χ3v) is 4.99. The number of allylic oxidation sites excluding steroid dienone is 4. The number of phenols is 2. The fraction of sp³-hybridized carbons (Fsp3) is 0.304. The first kappa shape index (κ1) is 25.0. The molecule has 0 atom stereocenters. The Morgan fingerprint density at radius 3 is 2.53 bits per heavy atom. The number of unbranched alkanes of at least 4 members (excludes halogenated alkanes) is 1. The van der Waals surface area contributed by atoms with Crippen LogP contribution in [0.3, 0.4) is 0 Å². The van der Waals surface area contributed by atoms with Crippen molar-refractivity contribution in [1.29, 1.82) is 0 Å². The highest BCUT2D eigenvalue weighted by atomic mass is 32.1. The van der Waals surface area contributed by atoms with Crippen molar-refractivity contribution in [3.05, 3.63) is 64.9 Å². The molecule has 1 amide bonds. The van der Waals surface area contributed by atoms with Gasteiger partial charge in [0.2, 0.25) is 6.41 Å². The van der Waals surface area contributed by atoms with Crippen LogP contribution in [0.4, 0.5) is 5.13 Å². The van der Waals surface area contributed by atoms with Crippen molar-refractivity contribution >= 4 is 28.5 Å². The van der Waals surface area contributed by atoms with Gasteiger partial charge in [-0.05, 0) is 67.7 Å². The number of thiazole rings is 1. The van der Waals surface area contributed by atoms with Gasteiger partial charge < -0.3 is 20.6 Å². The summed E-state index contributed by atoms with van der Waals surface area (Å²) in [6.45, 7) is 9.94. The number of benzene rings is 1. The van der Waals surface area contributed by atoms with Crippen LogP contribution >= 0.6 is 11.3 Å². The number of aryl methyl sites for hydroxylation is 2. The van der Waals surface area contributed by atoms with Crippen molar-refractivity contribution < 1.29 is 20.1 Å². The fourth-order valence-electron chi connectivity index (χ4n) is 2.40. The second-order valence-corrected chi connectivity index (χ2v) is 7.63. The van der Waals surface area contributed by atoms with Crippen LogP contribution in [0.2, 0.25) is 0 Å². The molecule has 1 aromatic heterocycles. The lowest BCUT2D eigenvalue weighted by molar-refractivity contribution is -0.105. The maximum atomic E-state index is 10.5. The summed E-state index contributed by atoms with van der Waals surface area (Å²) >= 11 is 1.47. The lowest BCUT2D eigenvalue weighted by atomic mass is 10.1. The molecule has 0 aliphatic carbocycles. The molecule has 2 aromatic rings. The van der Waals surface area contributed by atoms with Gasteiger partial charge in [-0.25, -0.2) is 4.98 Å². The number of nitrogens with one attached hydrogen (secondary N) is 1. The standard InChI is InChI=1S/C16H22N2O2S.C7H8O2/c1-4-6-8-14-15(18-16(21-14)17-11-19)12(3)9-10-13(20)7-5-2;1-5-2-3-6(8)7(9)4-5/h7,9-11,20H,3-6,8H2,1-2H3,(H,17,18,19);2-4,8-9H,1H3/b10-9-,13-7+;. The van der Waals surface area contributed by atoms with Gasteiger partial charge >= 0.3 is 0 Å². The van der Waals surface area contributed by atoms with E-state index in [4.69, 9.17) is 10.2 Å². The van der Waals surface area contributed by atoms with E-state index in [1.807, 2.05) is 13.8 Å². The van der Waals surface area contributed by atoms with Crippen LogP contribution in [0.5, 0.6) is 11.5 Å². The van der Waals surface area contributed by atoms with Crippen LogP contribution < -0.4 is 5.32 Å². The highest BCUT2D eigenvalue weighted by Gasteiger charge is 2.12. The van der Waals surface area contributed by atoms with Crippen molar-refractivity contribution in [3.63, 3.8) is 0 Å². The van der Waals surface area contributed by atoms with Crippen LogP contribution in [0.25, 0.3) is 5.57 Å². The van der Waals surface area contributed by atoms with Gasteiger partial charge in [-0.15, -0.1) is 11.3 Å². The van der Waals surface area contributed by atoms with E-state index in [1.165, 1.54) is 23.5 Å². The molecule has 1 heterocycles. The van der Waals surface area contributed by atoms with Gasteiger partial charge in [0, 0.05) is 4.88 Å². The minimum Gasteiger partial charge on any atom is -0.508 e. The number of carbonyl (C=O) groups is 1. The average Bonchev–Trinajstić information content (AvgIpc) is 3.11. The molecule has 1 aromatic carbocycles. The number of hydrogen-bond acceptors (Lipinski definition) is 6. The number of nitrogens with zero attached hydrogens (tertiary/aromatic N) is 1. The minimum absolute atomic E-state index is 0.0602. The number of phenolic OH excluding ortho intramolecular Hbond substituents is 2. The summed E-state index contributed by atoms with van der Waals surface area (Å²) in [7, 11) is 0. The monoisotopic (exact) mass is 430 g/mol. The van der Waals surface area contributed by atoms with Crippen LogP contribution in [0, 0.1) is 6.92 Å². The predicted molar refractivity (Wildman–Crippen MR) is 124 cm³/mol. The Morgan fingerprint density at radius 2 is 1.97 bits per heavy atom. The first-order chi connectivity index (χ1) is 14.3. The maximum Gasteiger partial charge on any atom is 0.213 e. The van der Waals surface area contributed by atoms with Gasteiger partial charge in [0.25, 0.3) is 0 Å². The summed E-state index contributed by atoms with van der Waals surface area (Å²) in [6.07, 6.45) is 9.55. The van der Waals surface area contributed by atoms with Gasteiger partial charge in [0.1, 0.15) is 5.76 Å². The van der Waals surface area contributed by atoms with Crippen LogP contribution in [-0.2, 0) is 11.2 Å². The lowest BCUT2D eigenvalue weighted by Gasteiger charge is -2.01. The normalized spacial score (nSPS) is 11.1. The van der Waals surface area contributed by atoms with Crippen LogP contribution in [0.1, 0.15) is 49.2 Å². The molecule has 0 saturated heterocycles. The Morgan fingerprint density at radius 1 is 1.23 bits per heavy atom. The maximum absolute atomic E-state index is 10.5. The van der Waals surface area contributed by atoms with E-state index in [9.17, 15) is 9.90 Å². The zero-order valence-corrected chi connectivity index (χ0v) is 18.5. The average molecular weight is 431 g/mol. The smallest absolute Gasteiger partial charge is 0.213 e. The molecule has 162 valence electrons. The SMILES string of the molecule is C=C(/C=C\C(O)=C/CC)c1nc(NC=O)sc1CCCC.Cc1ccc(O)c(O)c1. The molecule has 0 radical (unpaired) electrons. The van der Waals surface area contributed by atoms with E-state index >= 15 is 0 Å². The number of hydrogen-bond donors (Lipinski definition) is 4. The van der Waals surface area contributed by atoms with E-state index in [0.29, 0.717) is 11.5 Å². The molecule has 0 unspecified atom stereocenters. The molecule has 30 heavy (non-hydrogen) atoms. The van der Waals surface area contributed by atoms with Crippen molar-refractivity contribution in [2.75, 3.05) is 5.32 Å². The quantitative estimate of drug-likeness (QED) is 0.172. The van der Waals surface area contributed by atoms with E-state index < -0.39 is 0 Å². The number of aromatic hydroxyl groups is 2. The molecular formula is C23H30N2O4S. The van der Waals surface area contributed by atoms with Crippen molar-refractivity contribution in [3.8, 4) is 11.5 Å². The van der Waals surface area contributed by atoms with Gasteiger partial charge in [0.15, 0.2) is 16.6 Å². The number of aromatic nitrogens is 1. The van der Waals surface area contributed by atoms with E-state index in [-0.39, 0.29) is 17.3 Å². The third kappa shape index (κ3) is 8.53. The Bertz CT molecular complexity index is 901. The topological polar surface area (TPSA) is 103 Å². The van der Waals surface area contributed by atoms with Gasteiger partial charge in [-0.1, -0.05) is 32.9 Å². The summed E-state index contributed by atoms with van der Waals surface area (Å²) in [5.74, 6) is 0.0887. The number of amides is 1. The predicted octanol–water partition coefficient (Wildman–Crippen LogP) is 5.88. The molecule has 6 nitrogen and oxygen atoms in total. The Hall–Kier alpha value is -3.06. The highest BCUT2D eigenvalue weighted by Crippen LogP contribution is 2.29. The molecule has 0 bridgehead atoms. The van der Waals surface area contributed by atoms with Crippen molar-refractivity contribution in [2.24, 2.45) is 0 Å². The Labute approximate surface area is 181 Å². The minimum atomic E-state index is -0.0689. The zero-order valence-electron chi connectivity index (χ0n) is 17.7. The van der Waals surface area contributed by atoms with E-state index in [1.54, 1.807) is 24.3 Å². The lowest BCUT2D eigenvalue weighted by Crippen LogP contribution is -1.93. The highest BCUT2D eigenvalue weighted by molar-refractivity contribution is 7.16. The summed E-state index contributed by atoms with van der Waals surface area (Å²) in [5, 5.41) is 30.4. The first-order valence-corrected chi connectivity index (χ1v) is 10.6. The largest absolute Gasteiger partial charge is 0.508 e. The third-order valence-electron chi connectivity index (χ3n) is 3.94. The summed E-state index contributed by atoms with van der Waals surface area (Å²) in [6, 6.07) is 4.70. The van der Waals surface area contributed by atoms with Crippen LogP contribution in [0.15, 0.2) is 48.8 Å². The number of carbonyl (C=O) groups excluding carboxylic acids is 1. The molecule has 0 spiro atoms. The summed E-state index contributed by atoms with van der Waals surface area (Å²) in [5.41, 5.74) is 2.45. The molecule has 2 rings (SSSR count). The summed E-state index contributed by atoms with van der Waals surface area (Å²) < 4.78 is 0. The Kier molecular flexibility index (Phi) is 11.0. The van der Waals surface area contributed by atoms with Gasteiger partial charge in [-0.3, -0.25) is 4.79 Å². The second-order valence-electron chi connectivity index (χ2n) is 6.54. The van der Waals surface area contributed by atoms with Gasteiger partial charge in [-0.2, -0.15) is 0 Å². The number of rotatable bonds is 9.